The first kappa shape index (κ1) is 8.75. The summed E-state index contributed by atoms with van der Waals surface area (Å²) in [4.78, 5) is 0. The zero-order chi connectivity index (χ0) is 9.31. The van der Waals surface area contributed by atoms with Gasteiger partial charge in [-0.1, -0.05) is 6.42 Å². The molecule has 0 bridgehead atoms. The van der Waals surface area contributed by atoms with Gasteiger partial charge < -0.3 is 5.73 Å². The number of nitrogens with two attached hydrogens (primary N) is 1. The molecule has 13 heavy (non-hydrogen) atoms. The summed E-state index contributed by atoms with van der Waals surface area (Å²) in [5.41, 5.74) is 7.38. The predicted octanol–water partition coefficient (Wildman–Crippen LogP) is 1.19. The normalized spacial score (nSPS) is 19.8. The molecule has 1 saturated carbocycles. The van der Waals surface area contributed by atoms with Crippen molar-refractivity contribution in [3.63, 3.8) is 0 Å². The lowest BCUT2D eigenvalue weighted by atomic mass is 9.64. The zero-order valence-corrected chi connectivity index (χ0v) is 8.16. The summed E-state index contributed by atoms with van der Waals surface area (Å²) >= 11 is 0. The van der Waals surface area contributed by atoms with Crippen molar-refractivity contribution in [2.24, 2.45) is 12.8 Å². The quantitative estimate of drug-likeness (QED) is 0.757. The van der Waals surface area contributed by atoms with Crippen LogP contribution in [0.5, 0.6) is 0 Å². The van der Waals surface area contributed by atoms with Gasteiger partial charge in [-0.05, 0) is 31.9 Å². The third kappa shape index (κ3) is 1.27. The highest BCUT2D eigenvalue weighted by molar-refractivity contribution is 5.20. The second kappa shape index (κ2) is 3.14. The third-order valence-corrected chi connectivity index (χ3v) is 3.30. The van der Waals surface area contributed by atoms with Crippen molar-refractivity contribution in [2.45, 2.75) is 31.1 Å². The van der Waals surface area contributed by atoms with Crippen LogP contribution in [0, 0.1) is 0 Å². The maximum absolute atomic E-state index is 5.65. The Morgan fingerprint density at radius 3 is 2.77 bits per heavy atom. The van der Waals surface area contributed by atoms with E-state index in [1.165, 1.54) is 25.0 Å². The molecule has 0 aliphatic heterocycles. The fraction of sp³-hybridized carbons (Fsp3) is 0.700. The highest BCUT2D eigenvalue weighted by Gasteiger charge is 2.39. The van der Waals surface area contributed by atoms with Gasteiger partial charge in [0.05, 0.1) is 0 Å². The van der Waals surface area contributed by atoms with Gasteiger partial charge in [-0.2, -0.15) is 5.10 Å². The molecule has 0 unspecified atom stereocenters. The van der Waals surface area contributed by atoms with Crippen molar-refractivity contribution in [3.8, 4) is 0 Å². The number of rotatable bonds is 3. The average molecular weight is 179 g/mol. The van der Waals surface area contributed by atoms with Crippen LogP contribution in [-0.4, -0.2) is 16.3 Å². The van der Waals surface area contributed by atoms with Gasteiger partial charge >= 0.3 is 0 Å². The monoisotopic (exact) mass is 179 g/mol. The van der Waals surface area contributed by atoms with Crippen LogP contribution in [0.4, 0.5) is 0 Å². The lowest BCUT2D eigenvalue weighted by Gasteiger charge is -2.41. The molecule has 0 amide bonds. The van der Waals surface area contributed by atoms with Crippen molar-refractivity contribution < 1.29 is 0 Å². The second-order valence-electron chi connectivity index (χ2n) is 4.01. The lowest BCUT2D eigenvalue weighted by Crippen LogP contribution is -2.38. The standard InChI is InChI=1S/C10H17N3/c1-13-9(3-8-12-13)10(6-7-11)4-2-5-10/h3,8H,2,4-7,11H2,1H3. The molecule has 1 aromatic heterocycles. The molecule has 2 rings (SSSR count). The molecule has 2 N–H and O–H groups in total. The molecule has 0 atom stereocenters. The van der Waals surface area contributed by atoms with Crippen LogP contribution in [0.3, 0.4) is 0 Å². The van der Waals surface area contributed by atoms with E-state index in [0.29, 0.717) is 5.41 Å². The Kier molecular flexibility index (Phi) is 2.12. The highest BCUT2D eigenvalue weighted by Crippen LogP contribution is 2.45. The van der Waals surface area contributed by atoms with Gasteiger partial charge in [0, 0.05) is 24.4 Å². The molecule has 72 valence electrons. The first-order chi connectivity index (χ1) is 6.28. The Morgan fingerprint density at radius 2 is 2.38 bits per heavy atom. The first-order valence-corrected chi connectivity index (χ1v) is 4.97. The van der Waals surface area contributed by atoms with E-state index in [-0.39, 0.29) is 0 Å². The summed E-state index contributed by atoms with van der Waals surface area (Å²) in [6.45, 7) is 0.783. The zero-order valence-electron chi connectivity index (χ0n) is 8.16. The number of hydrogen-bond acceptors (Lipinski definition) is 2. The highest BCUT2D eigenvalue weighted by atomic mass is 15.3. The Balaban J connectivity index is 2.26. The van der Waals surface area contributed by atoms with Crippen LogP contribution in [-0.2, 0) is 12.5 Å². The van der Waals surface area contributed by atoms with E-state index in [1.807, 2.05) is 17.9 Å². The average Bonchev–Trinajstić information content (AvgIpc) is 2.44. The minimum absolute atomic E-state index is 0.361. The summed E-state index contributed by atoms with van der Waals surface area (Å²) < 4.78 is 1.99. The van der Waals surface area contributed by atoms with Gasteiger partial charge in [-0.25, -0.2) is 0 Å². The smallest absolute Gasteiger partial charge is 0.0492 e. The molecule has 0 saturated heterocycles. The molecule has 0 aromatic carbocycles. The van der Waals surface area contributed by atoms with E-state index in [9.17, 15) is 0 Å². The topological polar surface area (TPSA) is 43.8 Å². The van der Waals surface area contributed by atoms with Crippen LogP contribution < -0.4 is 5.73 Å². The van der Waals surface area contributed by atoms with Crippen LogP contribution in [0.2, 0.25) is 0 Å². The van der Waals surface area contributed by atoms with Gasteiger partial charge in [-0.15, -0.1) is 0 Å². The van der Waals surface area contributed by atoms with Crippen molar-refractivity contribution in [1.29, 1.82) is 0 Å². The van der Waals surface area contributed by atoms with Crippen LogP contribution in [0.15, 0.2) is 12.3 Å². The molecular formula is C10H17N3. The fourth-order valence-electron chi connectivity index (χ4n) is 2.41. The van der Waals surface area contributed by atoms with Crippen molar-refractivity contribution >= 4 is 0 Å². The van der Waals surface area contributed by atoms with E-state index < -0.39 is 0 Å². The molecule has 3 heteroatoms. The van der Waals surface area contributed by atoms with Crippen molar-refractivity contribution in [3.05, 3.63) is 18.0 Å². The maximum atomic E-state index is 5.65. The summed E-state index contributed by atoms with van der Waals surface area (Å²) in [5.74, 6) is 0. The predicted molar refractivity (Wildman–Crippen MR) is 52.4 cm³/mol. The van der Waals surface area contributed by atoms with Crippen LogP contribution in [0.25, 0.3) is 0 Å². The third-order valence-electron chi connectivity index (χ3n) is 3.30. The molecule has 1 fully saturated rings. The molecule has 0 spiro atoms. The summed E-state index contributed by atoms with van der Waals surface area (Å²) in [7, 11) is 2.02. The molecule has 1 aromatic rings. The van der Waals surface area contributed by atoms with E-state index in [0.717, 1.165) is 13.0 Å². The van der Waals surface area contributed by atoms with Crippen molar-refractivity contribution in [1.82, 2.24) is 9.78 Å². The van der Waals surface area contributed by atoms with E-state index in [1.54, 1.807) is 0 Å². The fourth-order valence-corrected chi connectivity index (χ4v) is 2.41. The Bertz CT molecular complexity index is 286. The van der Waals surface area contributed by atoms with Gasteiger partial charge in [0.25, 0.3) is 0 Å². The summed E-state index contributed by atoms with van der Waals surface area (Å²) in [6, 6.07) is 2.13. The second-order valence-corrected chi connectivity index (χ2v) is 4.01. The Morgan fingerprint density at radius 1 is 1.62 bits per heavy atom. The number of nitrogens with zero attached hydrogens (tertiary/aromatic N) is 2. The van der Waals surface area contributed by atoms with Gasteiger partial charge in [0.2, 0.25) is 0 Å². The van der Waals surface area contributed by atoms with E-state index >= 15 is 0 Å². The molecule has 1 aliphatic rings. The van der Waals surface area contributed by atoms with Gasteiger partial charge in [-0.3, -0.25) is 4.68 Å². The van der Waals surface area contributed by atoms with E-state index in [4.69, 9.17) is 5.73 Å². The minimum Gasteiger partial charge on any atom is -0.330 e. The molecule has 3 nitrogen and oxygen atoms in total. The molecular weight excluding hydrogens is 162 g/mol. The number of aromatic nitrogens is 2. The van der Waals surface area contributed by atoms with Crippen LogP contribution >= 0.6 is 0 Å². The number of aryl methyl sites for hydroxylation is 1. The SMILES string of the molecule is Cn1nccc1C1(CCN)CCC1. The summed E-state index contributed by atoms with van der Waals surface area (Å²) in [5, 5.41) is 4.22. The molecule has 0 radical (unpaired) electrons. The Labute approximate surface area is 78.9 Å². The molecule has 1 heterocycles. The van der Waals surface area contributed by atoms with Crippen LogP contribution in [0.1, 0.15) is 31.4 Å². The van der Waals surface area contributed by atoms with E-state index in [2.05, 4.69) is 11.2 Å². The number of hydrogen-bond donors (Lipinski definition) is 1. The van der Waals surface area contributed by atoms with Gasteiger partial charge in [0.1, 0.15) is 0 Å². The lowest BCUT2D eigenvalue weighted by molar-refractivity contribution is 0.215. The molecule has 1 aliphatic carbocycles. The van der Waals surface area contributed by atoms with Gasteiger partial charge in [0.15, 0.2) is 0 Å². The first-order valence-electron chi connectivity index (χ1n) is 4.97. The van der Waals surface area contributed by atoms with Crippen molar-refractivity contribution in [2.75, 3.05) is 6.54 Å². The minimum atomic E-state index is 0.361. The Hall–Kier alpha value is -0.830. The summed E-state index contributed by atoms with van der Waals surface area (Å²) in [6.07, 6.45) is 6.89. The largest absolute Gasteiger partial charge is 0.330 e. The maximum Gasteiger partial charge on any atom is 0.0492 e.